The lowest BCUT2D eigenvalue weighted by atomic mass is 10.1. The molecular weight excluding hydrogens is 316 g/mol. The highest BCUT2D eigenvalue weighted by molar-refractivity contribution is 5.94. The number of nitrogens with zero attached hydrogens (tertiary/aromatic N) is 2. The van der Waals surface area contributed by atoms with Crippen molar-refractivity contribution in [2.75, 3.05) is 6.61 Å². The van der Waals surface area contributed by atoms with Gasteiger partial charge in [-0.15, -0.1) is 0 Å². The van der Waals surface area contributed by atoms with Crippen molar-refractivity contribution in [3.63, 3.8) is 0 Å². The van der Waals surface area contributed by atoms with Crippen LogP contribution < -0.4 is 10.2 Å². The van der Waals surface area contributed by atoms with Crippen molar-refractivity contribution in [1.82, 2.24) is 15.6 Å². The first-order valence-electron chi connectivity index (χ1n) is 7.93. The second-order valence-corrected chi connectivity index (χ2v) is 5.23. The largest absolute Gasteiger partial charge is 0.494 e. The third-order valence-electron chi connectivity index (χ3n) is 3.46. The fourth-order valence-corrected chi connectivity index (χ4v) is 2.24. The second-order valence-electron chi connectivity index (χ2n) is 5.23. The van der Waals surface area contributed by atoms with Crippen molar-refractivity contribution in [3.8, 4) is 17.0 Å². The van der Waals surface area contributed by atoms with Crippen LogP contribution in [0, 0.1) is 0 Å². The van der Waals surface area contributed by atoms with E-state index in [0.29, 0.717) is 18.0 Å². The Kier molecular flexibility index (Phi) is 5.21. The molecule has 0 saturated carbocycles. The number of H-pyrrole nitrogens is 1. The number of ether oxygens (including phenoxy) is 1. The number of aromatic amines is 1. The van der Waals surface area contributed by atoms with E-state index >= 15 is 0 Å². The standard InChI is InChI=1S/C19H18N4O2/c1-2-25-16-10-8-15(9-11-16)17-12-18(22-21-17)19(24)23-20-13-14-6-4-3-5-7-14/h3-13H,2H2,1H3,(H,21,22)(H,23,24). The van der Waals surface area contributed by atoms with Crippen LogP contribution in [0.5, 0.6) is 5.75 Å². The molecule has 0 aliphatic heterocycles. The molecule has 0 fully saturated rings. The van der Waals surface area contributed by atoms with E-state index in [-0.39, 0.29) is 5.91 Å². The van der Waals surface area contributed by atoms with Crippen molar-refractivity contribution in [2.45, 2.75) is 6.92 Å². The summed E-state index contributed by atoms with van der Waals surface area (Å²) in [5.41, 5.74) is 5.30. The van der Waals surface area contributed by atoms with E-state index in [1.54, 1.807) is 12.3 Å². The summed E-state index contributed by atoms with van der Waals surface area (Å²) in [5.74, 6) is 0.451. The highest BCUT2D eigenvalue weighted by Crippen LogP contribution is 2.21. The summed E-state index contributed by atoms with van der Waals surface area (Å²) in [4.78, 5) is 12.1. The van der Waals surface area contributed by atoms with E-state index in [4.69, 9.17) is 4.74 Å². The molecule has 3 rings (SSSR count). The topological polar surface area (TPSA) is 79.4 Å². The van der Waals surface area contributed by atoms with Crippen molar-refractivity contribution in [1.29, 1.82) is 0 Å². The molecule has 126 valence electrons. The molecule has 1 heterocycles. The molecule has 0 radical (unpaired) electrons. The summed E-state index contributed by atoms with van der Waals surface area (Å²) < 4.78 is 5.41. The summed E-state index contributed by atoms with van der Waals surface area (Å²) in [6.45, 7) is 2.56. The first-order valence-corrected chi connectivity index (χ1v) is 7.93. The molecule has 25 heavy (non-hydrogen) atoms. The zero-order valence-electron chi connectivity index (χ0n) is 13.8. The van der Waals surface area contributed by atoms with Crippen LogP contribution in [0.25, 0.3) is 11.3 Å². The number of amides is 1. The number of carbonyl (C=O) groups excluding carboxylic acids is 1. The summed E-state index contributed by atoms with van der Waals surface area (Å²) in [6, 6.07) is 18.8. The first-order chi connectivity index (χ1) is 12.3. The minimum absolute atomic E-state index is 0.342. The SMILES string of the molecule is CCOc1ccc(-c2cc(C(=O)NN=Cc3ccccc3)[nH]n2)cc1. The van der Waals surface area contributed by atoms with Crippen LogP contribution in [0.3, 0.4) is 0 Å². The van der Waals surface area contributed by atoms with Gasteiger partial charge in [0.1, 0.15) is 11.4 Å². The monoisotopic (exact) mass is 334 g/mol. The van der Waals surface area contributed by atoms with Crippen LogP contribution in [-0.4, -0.2) is 28.9 Å². The predicted octanol–water partition coefficient (Wildman–Crippen LogP) is 3.24. The van der Waals surface area contributed by atoms with Gasteiger partial charge in [0, 0.05) is 5.56 Å². The number of aromatic nitrogens is 2. The normalized spacial score (nSPS) is 10.8. The van der Waals surface area contributed by atoms with Gasteiger partial charge in [-0.3, -0.25) is 9.89 Å². The predicted molar refractivity (Wildman–Crippen MR) is 96.7 cm³/mol. The third kappa shape index (κ3) is 4.32. The third-order valence-corrected chi connectivity index (χ3v) is 3.46. The molecule has 0 aliphatic rings. The van der Waals surface area contributed by atoms with E-state index in [1.165, 1.54) is 0 Å². The van der Waals surface area contributed by atoms with Gasteiger partial charge >= 0.3 is 0 Å². The van der Waals surface area contributed by atoms with Crippen molar-refractivity contribution in [3.05, 3.63) is 71.9 Å². The first kappa shape index (κ1) is 16.4. The van der Waals surface area contributed by atoms with Crippen LogP contribution in [0.2, 0.25) is 0 Å². The van der Waals surface area contributed by atoms with Crippen LogP contribution in [0.4, 0.5) is 0 Å². The van der Waals surface area contributed by atoms with Gasteiger partial charge in [0.05, 0.1) is 18.5 Å². The molecule has 0 unspecified atom stereocenters. The van der Waals surface area contributed by atoms with E-state index in [1.807, 2.05) is 61.5 Å². The van der Waals surface area contributed by atoms with Crippen molar-refractivity contribution >= 4 is 12.1 Å². The Bertz CT molecular complexity index is 855. The van der Waals surface area contributed by atoms with Gasteiger partial charge in [-0.05, 0) is 42.8 Å². The maximum Gasteiger partial charge on any atom is 0.289 e. The van der Waals surface area contributed by atoms with Gasteiger partial charge in [0.15, 0.2) is 0 Å². The second kappa shape index (κ2) is 7.92. The number of hydrogen-bond acceptors (Lipinski definition) is 4. The van der Waals surface area contributed by atoms with E-state index in [0.717, 1.165) is 16.9 Å². The highest BCUT2D eigenvalue weighted by atomic mass is 16.5. The summed E-state index contributed by atoms with van der Waals surface area (Å²) >= 11 is 0. The Hall–Kier alpha value is -3.41. The Morgan fingerprint density at radius 3 is 2.68 bits per heavy atom. The average molecular weight is 334 g/mol. The van der Waals surface area contributed by atoms with Gasteiger partial charge in [0.25, 0.3) is 5.91 Å². The van der Waals surface area contributed by atoms with E-state index < -0.39 is 0 Å². The minimum Gasteiger partial charge on any atom is -0.494 e. The molecule has 2 N–H and O–H groups in total. The maximum absolute atomic E-state index is 12.1. The molecule has 2 aromatic carbocycles. The van der Waals surface area contributed by atoms with Crippen molar-refractivity contribution in [2.24, 2.45) is 5.10 Å². The number of carbonyl (C=O) groups is 1. The molecule has 0 bridgehead atoms. The highest BCUT2D eigenvalue weighted by Gasteiger charge is 2.10. The lowest BCUT2D eigenvalue weighted by Gasteiger charge is -2.02. The Labute approximate surface area is 145 Å². The molecule has 0 aliphatic carbocycles. The average Bonchev–Trinajstić information content (AvgIpc) is 3.14. The Balaban J connectivity index is 1.64. The number of benzene rings is 2. The Morgan fingerprint density at radius 2 is 1.96 bits per heavy atom. The summed E-state index contributed by atoms with van der Waals surface area (Å²) in [7, 11) is 0. The molecule has 1 amide bonds. The van der Waals surface area contributed by atoms with E-state index in [2.05, 4.69) is 20.7 Å². The smallest absolute Gasteiger partial charge is 0.289 e. The van der Waals surface area contributed by atoms with E-state index in [9.17, 15) is 4.79 Å². The lowest BCUT2D eigenvalue weighted by Crippen LogP contribution is -2.17. The molecular formula is C19H18N4O2. The summed E-state index contributed by atoms with van der Waals surface area (Å²) in [5, 5.41) is 10.8. The van der Waals surface area contributed by atoms with Crippen LogP contribution in [0.1, 0.15) is 23.0 Å². The fraction of sp³-hybridized carbons (Fsp3) is 0.105. The fourth-order valence-electron chi connectivity index (χ4n) is 2.24. The summed E-state index contributed by atoms with van der Waals surface area (Å²) in [6.07, 6.45) is 1.58. The van der Waals surface area contributed by atoms with Gasteiger partial charge in [-0.1, -0.05) is 30.3 Å². The van der Waals surface area contributed by atoms with Gasteiger partial charge in [-0.2, -0.15) is 10.2 Å². The molecule has 0 atom stereocenters. The molecule has 0 saturated heterocycles. The van der Waals surface area contributed by atoms with Crippen LogP contribution in [0.15, 0.2) is 65.8 Å². The molecule has 6 nitrogen and oxygen atoms in total. The molecule has 6 heteroatoms. The van der Waals surface area contributed by atoms with Gasteiger partial charge in [-0.25, -0.2) is 5.43 Å². The number of nitrogens with one attached hydrogen (secondary N) is 2. The Morgan fingerprint density at radius 1 is 1.20 bits per heavy atom. The molecule has 3 aromatic rings. The zero-order valence-corrected chi connectivity index (χ0v) is 13.8. The van der Waals surface area contributed by atoms with Crippen molar-refractivity contribution < 1.29 is 9.53 Å². The van der Waals surface area contributed by atoms with Crippen LogP contribution in [-0.2, 0) is 0 Å². The number of hydrazone groups is 1. The zero-order chi connectivity index (χ0) is 17.5. The maximum atomic E-state index is 12.1. The van der Waals surface area contributed by atoms with Crippen LogP contribution >= 0.6 is 0 Å². The quantitative estimate of drug-likeness (QED) is 0.536. The van der Waals surface area contributed by atoms with Gasteiger partial charge in [0.2, 0.25) is 0 Å². The lowest BCUT2D eigenvalue weighted by molar-refractivity contribution is 0.0950. The number of rotatable bonds is 6. The minimum atomic E-state index is -0.350. The molecule has 0 spiro atoms. The number of hydrogen-bond donors (Lipinski definition) is 2. The molecule has 1 aromatic heterocycles. The van der Waals surface area contributed by atoms with Gasteiger partial charge < -0.3 is 4.74 Å².